The topological polar surface area (TPSA) is 78.5 Å². The van der Waals surface area contributed by atoms with Crippen LogP contribution in [0.3, 0.4) is 0 Å². The fourth-order valence-corrected chi connectivity index (χ4v) is 1.55. The summed E-state index contributed by atoms with van der Waals surface area (Å²) in [5.74, 6) is 2.06. The summed E-state index contributed by atoms with van der Waals surface area (Å²) in [7, 11) is 1.80. The molecule has 2 rings (SSSR count). The highest BCUT2D eigenvalue weighted by molar-refractivity contribution is 5.83. The number of H-pyrrole nitrogens is 1. The Balaban J connectivity index is 2.21. The lowest BCUT2D eigenvalue weighted by Gasteiger charge is -2.09. The molecule has 0 aliphatic rings. The highest BCUT2D eigenvalue weighted by atomic mass is 15.2. The van der Waals surface area contributed by atoms with Gasteiger partial charge in [0.2, 0.25) is 5.95 Å². The van der Waals surface area contributed by atoms with E-state index in [1.165, 1.54) is 0 Å². The molecule has 2 aromatic rings. The van der Waals surface area contributed by atoms with Crippen LogP contribution >= 0.6 is 0 Å². The van der Waals surface area contributed by atoms with Crippen molar-refractivity contribution in [3.05, 3.63) is 6.33 Å². The Morgan fingerprint density at radius 3 is 2.88 bits per heavy atom. The molecule has 2 aromatic heterocycles. The second kappa shape index (κ2) is 4.99. The number of hydrogen-bond donors (Lipinski definition) is 3. The molecule has 0 bridgehead atoms. The summed E-state index contributed by atoms with van der Waals surface area (Å²) in [6.45, 7) is 5.30. The molecule has 0 fully saturated rings. The molecule has 0 aromatic carbocycles. The Bertz CT molecular complexity index is 490. The molecule has 0 spiro atoms. The number of rotatable bonds is 5. The van der Waals surface area contributed by atoms with Crippen LogP contribution in [-0.4, -0.2) is 33.5 Å². The van der Waals surface area contributed by atoms with Gasteiger partial charge in [-0.2, -0.15) is 9.97 Å². The second-order valence-corrected chi connectivity index (χ2v) is 4.36. The maximum Gasteiger partial charge on any atom is 0.226 e. The van der Waals surface area contributed by atoms with Gasteiger partial charge in [-0.05, 0) is 12.3 Å². The number of aromatic nitrogens is 4. The van der Waals surface area contributed by atoms with Crippen LogP contribution in [-0.2, 0) is 0 Å². The normalized spacial score (nSPS) is 11.1. The number of hydrogen-bond acceptors (Lipinski definition) is 5. The van der Waals surface area contributed by atoms with Gasteiger partial charge in [0.15, 0.2) is 11.5 Å². The van der Waals surface area contributed by atoms with Gasteiger partial charge in [0, 0.05) is 13.6 Å². The molecule has 0 saturated heterocycles. The Labute approximate surface area is 100 Å². The van der Waals surface area contributed by atoms with Crippen molar-refractivity contribution in [1.29, 1.82) is 0 Å². The maximum atomic E-state index is 4.38. The van der Waals surface area contributed by atoms with E-state index in [1.807, 2.05) is 0 Å². The summed E-state index contributed by atoms with van der Waals surface area (Å²) in [6.07, 6.45) is 2.74. The van der Waals surface area contributed by atoms with Crippen LogP contribution in [0.25, 0.3) is 11.2 Å². The van der Waals surface area contributed by atoms with Crippen LogP contribution in [0.2, 0.25) is 0 Å². The molecule has 17 heavy (non-hydrogen) atoms. The zero-order valence-electron chi connectivity index (χ0n) is 10.4. The van der Waals surface area contributed by atoms with Gasteiger partial charge in [-0.25, -0.2) is 4.98 Å². The lowest BCUT2D eigenvalue weighted by atomic mass is 10.1. The molecule has 0 radical (unpaired) electrons. The minimum absolute atomic E-state index is 0.580. The van der Waals surface area contributed by atoms with E-state index in [9.17, 15) is 0 Å². The molecule has 0 aliphatic carbocycles. The van der Waals surface area contributed by atoms with Gasteiger partial charge in [-0.3, -0.25) is 0 Å². The fourth-order valence-electron chi connectivity index (χ4n) is 1.55. The smallest absolute Gasteiger partial charge is 0.226 e. The van der Waals surface area contributed by atoms with Crippen LogP contribution in [0.5, 0.6) is 0 Å². The van der Waals surface area contributed by atoms with E-state index >= 15 is 0 Å². The third-order valence-electron chi connectivity index (χ3n) is 2.52. The average molecular weight is 234 g/mol. The predicted octanol–water partition coefficient (Wildman–Crippen LogP) is 1.85. The quantitative estimate of drug-likeness (QED) is 0.736. The number of aromatic amines is 1. The first-order valence-corrected chi connectivity index (χ1v) is 5.83. The SMILES string of the molecule is CNc1nc(NCCC(C)C)c2[nH]cnc2n1. The second-order valence-electron chi connectivity index (χ2n) is 4.36. The van der Waals surface area contributed by atoms with E-state index in [0.29, 0.717) is 17.5 Å². The third-order valence-corrected chi connectivity index (χ3v) is 2.52. The molecule has 6 heteroatoms. The Morgan fingerprint density at radius 2 is 2.18 bits per heavy atom. The van der Waals surface area contributed by atoms with Crippen LogP contribution in [0.15, 0.2) is 6.33 Å². The average Bonchev–Trinajstić information content (AvgIpc) is 2.76. The van der Waals surface area contributed by atoms with Crippen molar-refractivity contribution in [3.63, 3.8) is 0 Å². The van der Waals surface area contributed by atoms with Crippen molar-refractivity contribution >= 4 is 22.9 Å². The summed E-state index contributed by atoms with van der Waals surface area (Å²) in [6, 6.07) is 0. The number of fused-ring (bicyclic) bond motifs is 1. The van der Waals surface area contributed by atoms with E-state index in [1.54, 1.807) is 13.4 Å². The lowest BCUT2D eigenvalue weighted by molar-refractivity contribution is 0.607. The summed E-state index contributed by atoms with van der Waals surface area (Å²) in [5.41, 5.74) is 1.53. The van der Waals surface area contributed by atoms with Crippen molar-refractivity contribution in [3.8, 4) is 0 Å². The molecule has 2 heterocycles. The number of nitrogens with zero attached hydrogens (tertiary/aromatic N) is 3. The predicted molar refractivity (Wildman–Crippen MR) is 69.2 cm³/mol. The molecular formula is C11H18N6. The van der Waals surface area contributed by atoms with E-state index < -0.39 is 0 Å². The minimum Gasteiger partial charge on any atom is -0.368 e. The Morgan fingerprint density at radius 1 is 1.35 bits per heavy atom. The van der Waals surface area contributed by atoms with Gasteiger partial charge in [0.1, 0.15) is 5.52 Å². The van der Waals surface area contributed by atoms with Crippen LogP contribution in [0, 0.1) is 5.92 Å². The van der Waals surface area contributed by atoms with Gasteiger partial charge < -0.3 is 15.6 Å². The lowest BCUT2D eigenvalue weighted by Crippen LogP contribution is -2.08. The molecule has 0 unspecified atom stereocenters. The third kappa shape index (κ3) is 2.64. The molecular weight excluding hydrogens is 216 g/mol. The molecule has 0 aliphatic heterocycles. The van der Waals surface area contributed by atoms with Gasteiger partial charge in [-0.1, -0.05) is 13.8 Å². The zero-order chi connectivity index (χ0) is 12.3. The first kappa shape index (κ1) is 11.6. The number of imidazole rings is 1. The standard InChI is InChI=1S/C11H18N6/c1-7(2)4-5-13-9-8-10(15-6-14-8)17-11(12-3)16-9/h6-7H,4-5H2,1-3H3,(H3,12,13,14,15,16,17). The van der Waals surface area contributed by atoms with E-state index in [0.717, 1.165) is 24.3 Å². The largest absolute Gasteiger partial charge is 0.368 e. The van der Waals surface area contributed by atoms with Crippen molar-refractivity contribution < 1.29 is 0 Å². The summed E-state index contributed by atoms with van der Waals surface area (Å²) in [5, 5.41) is 6.25. The van der Waals surface area contributed by atoms with E-state index in [4.69, 9.17) is 0 Å². The van der Waals surface area contributed by atoms with Crippen LogP contribution in [0.1, 0.15) is 20.3 Å². The first-order chi connectivity index (χ1) is 8.20. The summed E-state index contributed by atoms with van der Waals surface area (Å²) < 4.78 is 0. The monoisotopic (exact) mass is 234 g/mol. The van der Waals surface area contributed by atoms with Gasteiger partial charge >= 0.3 is 0 Å². The van der Waals surface area contributed by atoms with Gasteiger partial charge in [-0.15, -0.1) is 0 Å². The molecule has 6 nitrogen and oxygen atoms in total. The van der Waals surface area contributed by atoms with Gasteiger partial charge in [0.25, 0.3) is 0 Å². The molecule has 0 atom stereocenters. The van der Waals surface area contributed by atoms with Crippen LogP contribution < -0.4 is 10.6 Å². The van der Waals surface area contributed by atoms with Crippen LogP contribution in [0.4, 0.5) is 11.8 Å². The molecule has 92 valence electrons. The van der Waals surface area contributed by atoms with E-state index in [-0.39, 0.29) is 0 Å². The fraction of sp³-hybridized carbons (Fsp3) is 0.545. The van der Waals surface area contributed by atoms with Crippen molar-refractivity contribution in [2.75, 3.05) is 24.2 Å². The van der Waals surface area contributed by atoms with Gasteiger partial charge in [0.05, 0.1) is 6.33 Å². The maximum absolute atomic E-state index is 4.38. The minimum atomic E-state index is 0.580. The number of anilines is 2. The van der Waals surface area contributed by atoms with E-state index in [2.05, 4.69) is 44.4 Å². The van der Waals surface area contributed by atoms with Crippen molar-refractivity contribution in [1.82, 2.24) is 19.9 Å². The highest BCUT2D eigenvalue weighted by Gasteiger charge is 2.08. The van der Waals surface area contributed by atoms with Crippen molar-refractivity contribution in [2.45, 2.75) is 20.3 Å². The zero-order valence-corrected chi connectivity index (χ0v) is 10.4. The molecule has 0 saturated carbocycles. The molecule has 0 amide bonds. The summed E-state index contributed by atoms with van der Waals surface area (Å²) >= 11 is 0. The summed E-state index contributed by atoms with van der Waals surface area (Å²) in [4.78, 5) is 15.8. The molecule has 3 N–H and O–H groups in total. The Kier molecular flexibility index (Phi) is 3.41. The number of nitrogens with one attached hydrogen (secondary N) is 3. The first-order valence-electron chi connectivity index (χ1n) is 5.83. The highest BCUT2D eigenvalue weighted by Crippen LogP contribution is 2.18. The van der Waals surface area contributed by atoms with Crippen molar-refractivity contribution in [2.24, 2.45) is 5.92 Å². The Hall–Kier alpha value is -1.85.